The number of methoxy groups -OCH3 is 1. The Morgan fingerprint density at radius 3 is 2.52 bits per heavy atom. The van der Waals surface area contributed by atoms with E-state index in [1.165, 1.54) is 5.56 Å². The predicted octanol–water partition coefficient (Wildman–Crippen LogP) is 3.10. The van der Waals surface area contributed by atoms with Crippen LogP contribution in [0, 0.1) is 0 Å². The molecule has 1 aromatic rings. The molecule has 1 unspecified atom stereocenters. The molecule has 0 aromatic heterocycles. The van der Waals surface area contributed by atoms with E-state index >= 15 is 0 Å². The Balaban J connectivity index is 2.24. The number of alkyl carbamates (subject to hydrolysis) is 1. The number of ether oxygens (including phenoxy) is 2. The highest BCUT2D eigenvalue weighted by Crippen LogP contribution is 2.07. The molecule has 5 heteroatoms. The van der Waals surface area contributed by atoms with Crippen molar-refractivity contribution in [2.45, 2.75) is 51.8 Å². The zero-order valence-electron chi connectivity index (χ0n) is 14.7. The van der Waals surface area contributed by atoms with E-state index in [0.29, 0.717) is 13.2 Å². The summed E-state index contributed by atoms with van der Waals surface area (Å²) in [6.45, 7) is 7.63. The fourth-order valence-electron chi connectivity index (χ4n) is 2.16. The van der Waals surface area contributed by atoms with Crippen LogP contribution in [0.25, 0.3) is 0 Å². The van der Waals surface area contributed by atoms with Crippen LogP contribution in [0.2, 0.25) is 0 Å². The molecule has 0 saturated heterocycles. The van der Waals surface area contributed by atoms with Crippen molar-refractivity contribution in [3.8, 4) is 0 Å². The van der Waals surface area contributed by atoms with Crippen LogP contribution in [-0.2, 0) is 16.0 Å². The third kappa shape index (κ3) is 9.92. The maximum Gasteiger partial charge on any atom is 0.407 e. The monoisotopic (exact) mass is 322 g/mol. The van der Waals surface area contributed by atoms with E-state index in [9.17, 15) is 4.79 Å². The van der Waals surface area contributed by atoms with Crippen LogP contribution in [-0.4, -0.2) is 38.0 Å². The van der Waals surface area contributed by atoms with Gasteiger partial charge in [0.05, 0.1) is 6.61 Å². The molecule has 0 aliphatic carbocycles. The van der Waals surface area contributed by atoms with Gasteiger partial charge < -0.3 is 20.1 Å². The summed E-state index contributed by atoms with van der Waals surface area (Å²) in [6.07, 6.45) is 1.43. The lowest BCUT2D eigenvalue weighted by Crippen LogP contribution is -2.35. The standard InChI is InChI=1S/C18H30N2O3/c1-18(2,3)23-17(21)19-12-8-11-16(14-22-4)20-13-15-9-6-5-7-10-15/h5-7,9-10,16,20H,8,11-14H2,1-4H3,(H,19,21). The number of hydrogen-bond acceptors (Lipinski definition) is 4. The van der Waals surface area contributed by atoms with Crippen LogP contribution < -0.4 is 10.6 Å². The minimum atomic E-state index is -0.458. The quantitative estimate of drug-likeness (QED) is 0.686. The summed E-state index contributed by atoms with van der Waals surface area (Å²) in [5, 5.41) is 6.28. The maximum absolute atomic E-state index is 11.6. The lowest BCUT2D eigenvalue weighted by Gasteiger charge is -2.20. The molecule has 0 aliphatic heterocycles. The summed E-state index contributed by atoms with van der Waals surface area (Å²) in [4.78, 5) is 11.6. The number of amides is 1. The molecule has 5 nitrogen and oxygen atoms in total. The first-order valence-corrected chi connectivity index (χ1v) is 8.14. The third-order valence-electron chi connectivity index (χ3n) is 3.20. The first kappa shape index (κ1) is 19.5. The molecular formula is C18H30N2O3. The normalized spacial score (nSPS) is 12.7. The van der Waals surface area contributed by atoms with Gasteiger partial charge in [-0.2, -0.15) is 0 Å². The van der Waals surface area contributed by atoms with Crippen LogP contribution in [0.15, 0.2) is 30.3 Å². The zero-order chi connectivity index (χ0) is 17.1. The van der Waals surface area contributed by atoms with Crippen molar-refractivity contribution in [3.63, 3.8) is 0 Å². The minimum absolute atomic E-state index is 0.264. The molecule has 0 fully saturated rings. The van der Waals surface area contributed by atoms with E-state index in [0.717, 1.165) is 19.4 Å². The van der Waals surface area contributed by atoms with Gasteiger partial charge in [-0.05, 0) is 39.2 Å². The molecule has 0 aliphatic rings. The molecule has 0 bridgehead atoms. The van der Waals surface area contributed by atoms with E-state index in [2.05, 4.69) is 22.8 Å². The second-order valence-corrected chi connectivity index (χ2v) is 6.59. The number of carbonyl (C=O) groups excluding carboxylic acids is 1. The highest BCUT2D eigenvalue weighted by atomic mass is 16.6. The smallest absolute Gasteiger partial charge is 0.407 e. The van der Waals surface area contributed by atoms with Crippen molar-refractivity contribution in [2.75, 3.05) is 20.3 Å². The van der Waals surface area contributed by atoms with E-state index < -0.39 is 5.60 Å². The van der Waals surface area contributed by atoms with Crippen molar-refractivity contribution in [2.24, 2.45) is 0 Å². The molecule has 23 heavy (non-hydrogen) atoms. The van der Waals surface area contributed by atoms with E-state index in [4.69, 9.17) is 9.47 Å². The van der Waals surface area contributed by atoms with Gasteiger partial charge in [-0.15, -0.1) is 0 Å². The van der Waals surface area contributed by atoms with Crippen LogP contribution >= 0.6 is 0 Å². The summed E-state index contributed by atoms with van der Waals surface area (Å²) < 4.78 is 10.5. The molecular weight excluding hydrogens is 292 g/mol. The highest BCUT2D eigenvalue weighted by Gasteiger charge is 2.15. The lowest BCUT2D eigenvalue weighted by molar-refractivity contribution is 0.0526. The summed E-state index contributed by atoms with van der Waals surface area (Å²) in [5.41, 5.74) is 0.792. The highest BCUT2D eigenvalue weighted by molar-refractivity contribution is 5.67. The Kier molecular flexibility index (Phi) is 8.66. The minimum Gasteiger partial charge on any atom is -0.444 e. The van der Waals surface area contributed by atoms with Gasteiger partial charge >= 0.3 is 6.09 Å². The van der Waals surface area contributed by atoms with Crippen molar-refractivity contribution in [3.05, 3.63) is 35.9 Å². The van der Waals surface area contributed by atoms with Gasteiger partial charge in [-0.1, -0.05) is 30.3 Å². The molecule has 130 valence electrons. The first-order chi connectivity index (χ1) is 10.9. The van der Waals surface area contributed by atoms with Gasteiger partial charge in [0, 0.05) is 26.2 Å². The number of carbonyl (C=O) groups is 1. The number of nitrogens with one attached hydrogen (secondary N) is 2. The maximum atomic E-state index is 11.6. The van der Waals surface area contributed by atoms with Gasteiger partial charge in [-0.25, -0.2) is 4.79 Å². The van der Waals surface area contributed by atoms with Crippen molar-refractivity contribution in [1.29, 1.82) is 0 Å². The summed E-state index contributed by atoms with van der Waals surface area (Å²) in [6, 6.07) is 10.5. The van der Waals surface area contributed by atoms with E-state index in [-0.39, 0.29) is 12.1 Å². The Hall–Kier alpha value is -1.59. The number of benzene rings is 1. The van der Waals surface area contributed by atoms with Gasteiger partial charge in [-0.3, -0.25) is 0 Å². The van der Waals surface area contributed by atoms with Crippen molar-refractivity contribution < 1.29 is 14.3 Å². The van der Waals surface area contributed by atoms with Crippen molar-refractivity contribution >= 4 is 6.09 Å². The molecule has 0 heterocycles. The molecule has 2 N–H and O–H groups in total. The summed E-state index contributed by atoms with van der Waals surface area (Å²) >= 11 is 0. The second-order valence-electron chi connectivity index (χ2n) is 6.59. The van der Waals surface area contributed by atoms with Crippen LogP contribution in [0.5, 0.6) is 0 Å². The third-order valence-corrected chi connectivity index (χ3v) is 3.20. The van der Waals surface area contributed by atoms with Gasteiger partial charge in [0.25, 0.3) is 0 Å². The predicted molar refractivity (Wildman–Crippen MR) is 92.4 cm³/mol. The van der Waals surface area contributed by atoms with Crippen LogP contribution in [0.4, 0.5) is 4.79 Å². The Labute approximate surface area is 139 Å². The summed E-state index contributed by atoms with van der Waals surface area (Å²) in [5.74, 6) is 0. The molecule has 0 spiro atoms. The van der Waals surface area contributed by atoms with Crippen molar-refractivity contribution in [1.82, 2.24) is 10.6 Å². The Morgan fingerprint density at radius 2 is 1.91 bits per heavy atom. The van der Waals surface area contributed by atoms with Crippen LogP contribution in [0.3, 0.4) is 0 Å². The average molecular weight is 322 g/mol. The van der Waals surface area contributed by atoms with Crippen LogP contribution in [0.1, 0.15) is 39.2 Å². The topological polar surface area (TPSA) is 59.6 Å². The first-order valence-electron chi connectivity index (χ1n) is 8.14. The number of hydrogen-bond donors (Lipinski definition) is 2. The molecule has 1 aromatic carbocycles. The lowest BCUT2D eigenvalue weighted by atomic mass is 10.1. The largest absolute Gasteiger partial charge is 0.444 e. The molecule has 1 atom stereocenters. The SMILES string of the molecule is COCC(CCCNC(=O)OC(C)(C)C)NCc1ccccc1. The fraction of sp³-hybridized carbons (Fsp3) is 0.611. The van der Waals surface area contributed by atoms with E-state index in [1.807, 2.05) is 39.0 Å². The molecule has 0 saturated carbocycles. The van der Waals surface area contributed by atoms with Gasteiger partial charge in [0.1, 0.15) is 5.60 Å². The molecule has 1 amide bonds. The van der Waals surface area contributed by atoms with E-state index in [1.54, 1.807) is 7.11 Å². The van der Waals surface area contributed by atoms with Gasteiger partial charge in [0.2, 0.25) is 0 Å². The van der Waals surface area contributed by atoms with Gasteiger partial charge in [0.15, 0.2) is 0 Å². The second kappa shape index (κ2) is 10.2. The summed E-state index contributed by atoms with van der Waals surface area (Å²) in [7, 11) is 1.70. The molecule has 0 radical (unpaired) electrons. The Bertz CT molecular complexity index is 443. The average Bonchev–Trinajstić information content (AvgIpc) is 2.48. The Morgan fingerprint density at radius 1 is 1.22 bits per heavy atom. The molecule has 1 rings (SSSR count). The number of rotatable bonds is 9. The fourth-order valence-corrected chi connectivity index (χ4v) is 2.16. The zero-order valence-corrected chi connectivity index (χ0v) is 14.7.